The molecule has 172 valence electrons. The van der Waals surface area contributed by atoms with Crippen molar-refractivity contribution in [1.82, 2.24) is 10.3 Å². The van der Waals surface area contributed by atoms with Gasteiger partial charge in [-0.1, -0.05) is 75.1 Å². The monoisotopic (exact) mass is 455 g/mol. The highest BCUT2D eigenvalue weighted by molar-refractivity contribution is 6.32. The van der Waals surface area contributed by atoms with E-state index in [1.807, 2.05) is 42.6 Å². The lowest BCUT2D eigenvalue weighted by molar-refractivity contribution is 0.304. The number of aliphatic imine (C=N–C) groups is 1. The number of nitrogens with zero attached hydrogens (tertiary/aromatic N) is 3. The van der Waals surface area contributed by atoms with Gasteiger partial charge >= 0.3 is 0 Å². The second-order valence-electron chi connectivity index (χ2n) is 7.64. The molecule has 1 heterocycles. The molecule has 0 fully saturated rings. The number of hydrogen-bond acceptors (Lipinski definition) is 4. The molecule has 1 aromatic heterocycles. The molecule has 32 heavy (non-hydrogen) atoms. The summed E-state index contributed by atoms with van der Waals surface area (Å²) in [7, 11) is 0. The molecule has 0 aliphatic rings. The fourth-order valence-electron chi connectivity index (χ4n) is 3.30. The summed E-state index contributed by atoms with van der Waals surface area (Å²) in [6.07, 6.45) is 17.5. The molecule has 0 radical (unpaired) electrons. The van der Waals surface area contributed by atoms with Crippen LogP contribution in [0.5, 0.6) is 5.75 Å². The van der Waals surface area contributed by atoms with Crippen LogP contribution < -0.4 is 15.4 Å². The molecular formula is C25H34ClN5O. The van der Waals surface area contributed by atoms with Gasteiger partial charge in [-0.25, -0.2) is 0 Å². The van der Waals surface area contributed by atoms with Crippen molar-refractivity contribution in [3.05, 3.63) is 53.8 Å². The zero-order valence-electron chi connectivity index (χ0n) is 18.7. The molecule has 0 bridgehead atoms. The Kier molecular flexibility index (Phi) is 13.4. The highest BCUT2D eigenvalue weighted by Crippen LogP contribution is 2.23. The Morgan fingerprint density at radius 3 is 2.19 bits per heavy atom. The van der Waals surface area contributed by atoms with Crippen LogP contribution in [0.15, 0.2) is 53.8 Å². The molecule has 1 aromatic carbocycles. The summed E-state index contributed by atoms with van der Waals surface area (Å²) >= 11 is 6.08. The van der Waals surface area contributed by atoms with Crippen LogP contribution in [0.2, 0.25) is 5.02 Å². The van der Waals surface area contributed by atoms with E-state index < -0.39 is 0 Å². The standard InChI is InChI=1S/C25H34ClN5O/c26-23-13-9-10-14-24(23)32-20-12-8-6-4-2-1-3-5-7-11-17-29-25(30-21-27)31-22-15-18-28-19-16-22/h9-10,13-16,18-19H,1-8,11-12,17,20H2,(H2,28,29,30,31). The van der Waals surface area contributed by atoms with Crippen LogP contribution in [0.1, 0.15) is 64.2 Å². The van der Waals surface area contributed by atoms with Crippen molar-refractivity contribution in [2.75, 3.05) is 18.5 Å². The second kappa shape index (κ2) is 16.9. The maximum absolute atomic E-state index is 8.87. The van der Waals surface area contributed by atoms with E-state index in [-0.39, 0.29) is 0 Å². The molecule has 0 saturated carbocycles. The number of benzene rings is 1. The summed E-state index contributed by atoms with van der Waals surface area (Å²) in [5.41, 5.74) is 0.856. The first kappa shape index (κ1) is 25.5. The minimum atomic E-state index is 0.482. The van der Waals surface area contributed by atoms with Crippen LogP contribution in [0, 0.1) is 11.5 Å². The van der Waals surface area contributed by atoms with Gasteiger partial charge in [-0.15, -0.1) is 0 Å². The zero-order valence-corrected chi connectivity index (χ0v) is 19.5. The minimum absolute atomic E-state index is 0.482. The quantitative estimate of drug-likeness (QED) is 0.104. The number of guanidine groups is 1. The average molecular weight is 456 g/mol. The molecule has 0 aliphatic heterocycles. The third kappa shape index (κ3) is 11.6. The smallest absolute Gasteiger partial charge is 0.209 e. The fraction of sp³-hybridized carbons (Fsp3) is 0.480. The minimum Gasteiger partial charge on any atom is -0.492 e. The van der Waals surface area contributed by atoms with Crippen molar-refractivity contribution >= 4 is 23.2 Å². The number of unbranched alkanes of at least 4 members (excludes halogenated alkanes) is 9. The van der Waals surface area contributed by atoms with Crippen molar-refractivity contribution < 1.29 is 4.74 Å². The number of ether oxygens (including phenoxy) is 1. The van der Waals surface area contributed by atoms with Crippen molar-refractivity contribution in [2.45, 2.75) is 64.2 Å². The third-order valence-corrected chi connectivity index (χ3v) is 5.35. The number of halogens is 1. The molecule has 2 aromatic rings. The number of nitrogens with one attached hydrogen (secondary N) is 2. The number of para-hydroxylation sites is 1. The SMILES string of the molecule is N#CNC(=NCCCCCCCCCCCCOc1ccccc1Cl)Nc1ccncc1. The fourth-order valence-corrected chi connectivity index (χ4v) is 3.49. The van der Waals surface area contributed by atoms with E-state index in [0.29, 0.717) is 17.5 Å². The molecule has 0 unspecified atom stereocenters. The van der Waals surface area contributed by atoms with E-state index in [0.717, 1.165) is 37.3 Å². The van der Waals surface area contributed by atoms with Gasteiger partial charge < -0.3 is 10.1 Å². The lowest BCUT2D eigenvalue weighted by Crippen LogP contribution is -2.27. The molecule has 0 amide bonds. The maximum atomic E-state index is 8.87. The topological polar surface area (TPSA) is 82.3 Å². The number of rotatable bonds is 15. The summed E-state index contributed by atoms with van der Waals surface area (Å²) < 4.78 is 5.72. The molecule has 6 nitrogen and oxygen atoms in total. The van der Waals surface area contributed by atoms with E-state index in [2.05, 4.69) is 20.6 Å². The molecule has 7 heteroatoms. The third-order valence-electron chi connectivity index (χ3n) is 5.03. The van der Waals surface area contributed by atoms with Crippen LogP contribution in [0.25, 0.3) is 0 Å². The number of pyridine rings is 1. The Balaban J connectivity index is 1.40. The van der Waals surface area contributed by atoms with Gasteiger partial charge in [-0.3, -0.25) is 15.3 Å². The molecule has 0 saturated heterocycles. The first-order chi connectivity index (χ1) is 15.8. The van der Waals surface area contributed by atoms with Gasteiger partial charge in [0, 0.05) is 24.6 Å². The van der Waals surface area contributed by atoms with E-state index in [1.165, 1.54) is 44.9 Å². The van der Waals surface area contributed by atoms with E-state index >= 15 is 0 Å². The number of anilines is 1. The van der Waals surface area contributed by atoms with Gasteiger partial charge in [0.2, 0.25) is 5.96 Å². The lowest BCUT2D eigenvalue weighted by atomic mass is 10.1. The number of nitriles is 1. The summed E-state index contributed by atoms with van der Waals surface area (Å²) in [4.78, 5) is 8.43. The summed E-state index contributed by atoms with van der Waals surface area (Å²) in [5, 5.41) is 15.2. The molecule has 2 N–H and O–H groups in total. The van der Waals surface area contributed by atoms with Crippen LogP contribution in [-0.4, -0.2) is 24.1 Å². The van der Waals surface area contributed by atoms with Crippen LogP contribution in [0.4, 0.5) is 5.69 Å². The second-order valence-corrected chi connectivity index (χ2v) is 8.05. The van der Waals surface area contributed by atoms with Crippen LogP contribution >= 0.6 is 11.6 Å². The van der Waals surface area contributed by atoms with Crippen molar-refractivity contribution in [3.8, 4) is 11.9 Å². The van der Waals surface area contributed by atoms with Crippen molar-refractivity contribution in [2.24, 2.45) is 4.99 Å². The first-order valence-electron chi connectivity index (χ1n) is 11.5. The number of hydrogen-bond donors (Lipinski definition) is 2. The maximum Gasteiger partial charge on any atom is 0.209 e. The van der Waals surface area contributed by atoms with Crippen LogP contribution in [0.3, 0.4) is 0 Å². The largest absolute Gasteiger partial charge is 0.492 e. The van der Waals surface area contributed by atoms with E-state index in [9.17, 15) is 0 Å². The number of aromatic nitrogens is 1. The highest BCUT2D eigenvalue weighted by atomic mass is 35.5. The predicted molar refractivity (Wildman–Crippen MR) is 132 cm³/mol. The van der Waals surface area contributed by atoms with E-state index in [1.54, 1.807) is 12.4 Å². The van der Waals surface area contributed by atoms with Gasteiger partial charge in [-0.2, -0.15) is 5.26 Å². The van der Waals surface area contributed by atoms with Crippen LogP contribution in [-0.2, 0) is 0 Å². The van der Waals surface area contributed by atoms with Gasteiger partial charge in [0.05, 0.1) is 11.6 Å². The van der Waals surface area contributed by atoms with Crippen molar-refractivity contribution in [3.63, 3.8) is 0 Å². The lowest BCUT2D eigenvalue weighted by Gasteiger charge is -2.08. The summed E-state index contributed by atoms with van der Waals surface area (Å²) in [5.74, 6) is 1.26. The molecule has 0 spiro atoms. The Morgan fingerprint density at radius 2 is 1.53 bits per heavy atom. The Labute approximate surface area is 197 Å². The van der Waals surface area contributed by atoms with Gasteiger partial charge in [0.25, 0.3) is 0 Å². The van der Waals surface area contributed by atoms with Gasteiger partial charge in [0.15, 0.2) is 6.19 Å². The Bertz CT molecular complexity index is 823. The van der Waals surface area contributed by atoms with Gasteiger partial charge in [0.1, 0.15) is 5.75 Å². The molecule has 0 atom stereocenters. The summed E-state index contributed by atoms with van der Waals surface area (Å²) in [6.45, 7) is 1.44. The van der Waals surface area contributed by atoms with E-state index in [4.69, 9.17) is 21.6 Å². The average Bonchev–Trinajstić information content (AvgIpc) is 2.81. The highest BCUT2D eigenvalue weighted by Gasteiger charge is 2.00. The molecule has 2 rings (SSSR count). The Morgan fingerprint density at radius 1 is 0.906 bits per heavy atom. The zero-order chi connectivity index (χ0) is 22.7. The van der Waals surface area contributed by atoms with Gasteiger partial charge in [-0.05, 0) is 37.1 Å². The Hall–Kier alpha value is -2.78. The normalized spacial score (nSPS) is 11.1. The molecule has 0 aliphatic carbocycles. The van der Waals surface area contributed by atoms with Crippen molar-refractivity contribution in [1.29, 1.82) is 5.26 Å². The molecular weight excluding hydrogens is 422 g/mol. The summed E-state index contributed by atoms with van der Waals surface area (Å²) in [6, 6.07) is 11.3. The first-order valence-corrected chi connectivity index (χ1v) is 11.9. The predicted octanol–water partition coefficient (Wildman–Crippen LogP) is 6.55.